The molecule has 1 amide bonds. The Morgan fingerprint density at radius 3 is 2.58 bits per heavy atom. The predicted molar refractivity (Wildman–Crippen MR) is 65.2 cm³/mol. The van der Waals surface area contributed by atoms with Crippen LogP contribution < -0.4 is 0 Å². The van der Waals surface area contributed by atoms with Gasteiger partial charge in [0.1, 0.15) is 5.54 Å². The number of nitrogens with zero attached hydrogens (tertiary/aromatic N) is 2. The van der Waals surface area contributed by atoms with Crippen molar-refractivity contribution < 1.29 is 13.6 Å². The zero-order chi connectivity index (χ0) is 14.2. The van der Waals surface area contributed by atoms with Crippen molar-refractivity contribution in [3.05, 3.63) is 35.4 Å². The first-order valence-corrected chi connectivity index (χ1v) is 6.07. The van der Waals surface area contributed by atoms with Crippen LogP contribution in [0.4, 0.5) is 8.78 Å². The van der Waals surface area contributed by atoms with E-state index >= 15 is 0 Å². The lowest BCUT2D eigenvalue weighted by Gasteiger charge is -2.33. The summed E-state index contributed by atoms with van der Waals surface area (Å²) < 4.78 is 26.9. The van der Waals surface area contributed by atoms with Gasteiger partial charge in [0.25, 0.3) is 5.91 Å². The maximum Gasteiger partial charge on any atom is 0.258 e. The molecule has 0 aromatic heterocycles. The van der Waals surface area contributed by atoms with Gasteiger partial charge in [0.2, 0.25) is 0 Å². The van der Waals surface area contributed by atoms with Crippen molar-refractivity contribution in [2.45, 2.75) is 38.3 Å². The van der Waals surface area contributed by atoms with E-state index in [1.807, 2.05) is 6.07 Å². The second-order valence-electron chi connectivity index (χ2n) is 5.18. The summed E-state index contributed by atoms with van der Waals surface area (Å²) >= 11 is 0. The van der Waals surface area contributed by atoms with Crippen LogP contribution in [0.3, 0.4) is 0 Å². The highest BCUT2D eigenvalue weighted by Gasteiger charge is 2.43. The van der Waals surface area contributed by atoms with Gasteiger partial charge in [-0.2, -0.15) is 5.26 Å². The first-order valence-electron chi connectivity index (χ1n) is 6.07. The Morgan fingerprint density at radius 1 is 1.42 bits per heavy atom. The summed E-state index contributed by atoms with van der Waals surface area (Å²) in [5.41, 5.74) is -1.37. The minimum atomic E-state index is -1.16. The third-order valence-corrected chi connectivity index (χ3v) is 3.19. The van der Waals surface area contributed by atoms with Crippen LogP contribution in [0.5, 0.6) is 0 Å². The average Bonchev–Trinajstić information content (AvgIpc) is 3.17. The van der Waals surface area contributed by atoms with Gasteiger partial charge in [-0.15, -0.1) is 0 Å². The van der Waals surface area contributed by atoms with Crippen molar-refractivity contribution in [2.24, 2.45) is 0 Å². The van der Waals surface area contributed by atoms with E-state index in [1.54, 1.807) is 13.8 Å². The fourth-order valence-electron chi connectivity index (χ4n) is 2.06. The Kier molecular flexibility index (Phi) is 3.27. The molecule has 100 valence electrons. The molecule has 1 saturated carbocycles. The highest BCUT2D eigenvalue weighted by atomic mass is 19.2. The monoisotopic (exact) mass is 264 g/mol. The Bertz CT molecular complexity index is 559. The van der Waals surface area contributed by atoms with Crippen LogP contribution in [0.25, 0.3) is 0 Å². The quantitative estimate of drug-likeness (QED) is 0.842. The number of hydrogen-bond donors (Lipinski definition) is 0. The Hall–Kier alpha value is -1.96. The van der Waals surface area contributed by atoms with E-state index in [0.717, 1.165) is 18.9 Å². The van der Waals surface area contributed by atoms with Gasteiger partial charge in [-0.1, -0.05) is 6.07 Å². The summed E-state index contributed by atoms with van der Waals surface area (Å²) in [6.45, 7) is 3.20. The average molecular weight is 264 g/mol. The standard InChI is InChI=1S/C14H14F2N2O/c1-14(2,8-17)18(9-6-7-9)13(19)10-4-3-5-11(15)12(10)16/h3-5,9H,6-7H2,1-2H3. The van der Waals surface area contributed by atoms with Crippen molar-refractivity contribution in [1.82, 2.24) is 4.90 Å². The number of hydrogen-bond acceptors (Lipinski definition) is 2. The Labute approximate surface area is 110 Å². The van der Waals surface area contributed by atoms with Crippen LogP contribution in [0, 0.1) is 23.0 Å². The number of halogens is 2. The molecule has 1 fully saturated rings. The lowest BCUT2D eigenvalue weighted by Crippen LogP contribution is -2.48. The predicted octanol–water partition coefficient (Wildman–Crippen LogP) is 2.87. The summed E-state index contributed by atoms with van der Waals surface area (Å²) in [6, 6.07) is 5.46. The van der Waals surface area contributed by atoms with Gasteiger partial charge in [-0.25, -0.2) is 8.78 Å². The maximum absolute atomic E-state index is 13.7. The first-order chi connectivity index (χ1) is 8.88. The molecule has 0 spiro atoms. The van der Waals surface area contributed by atoms with Crippen molar-refractivity contribution >= 4 is 5.91 Å². The summed E-state index contributed by atoms with van der Waals surface area (Å²) in [6.07, 6.45) is 1.57. The van der Waals surface area contributed by atoms with E-state index in [9.17, 15) is 13.6 Å². The topological polar surface area (TPSA) is 44.1 Å². The summed E-state index contributed by atoms with van der Waals surface area (Å²) in [4.78, 5) is 13.7. The molecule has 0 radical (unpaired) electrons. The van der Waals surface area contributed by atoms with Gasteiger partial charge in [0, 0.05) is 6.04 Å². The molecule has 1 aliphatic carbocycles. The molecule has 0 atom stereocenters. The molecule has 19 heavy (non-hydrogen) atoms. The van der Waals surface area contributed by atoms with E-state index in [1.165, 1.54) is 17.0 Å². The zero-order valence-corrected chi connectivity index (χ0v) is 10.8. The van der Waals surface area contributed by atoms with E-state index in [0.29, 0.717) is 0 Å². The van der Waals surface area contributed by atoms with Crippen LogP contribution in [-0.4, -0.2) is 22.4 Å². The Balaban J connectivity index is 2.41. The fourth-order valence-corrected chi connectivity index (χ4v) is 2.06. The minimum absolute atomic E-state index is 0.0650. The molecule has 5 heteroatoms. The molecule has 2 rings (SSSR count). The third kappa shape index (κ3) is 2.43. The smallest absolute Gasteiger partial charge is 0.258 e. The van der Waals surface area contributed by atoms with Crippen LogP contribution in [0.2, 0.25) is 0 Å². The molecular formula is C14H14F2N2O. The van der Waals surface area contributed by atoms with Gasteiger partial charge in [0.05, 0.1) is 11.6 Å². The van der Waals surface area contributed by atoms with Crippen LogP contribution in [-0.2, 0) is 0 Å². The van der Waals surface area contributed by atoms with Gasteiger partial charge in [-0.05, 0) is 38.8 Å². The summed E-state index contributed by atoms with van der Waals surface area (Å²) in [7, 11) is 0. The van der Waals surface area contributed by atoms with Crippen molar-refractivity contribution in [3.8, 4) is 6.07 Å². The molecule has 0 aliphatic heterocycles. The largest absolute Gasteiger partial charge is 0.317 e. The minimum Gasteiger partial charge on any atom is -0.317 e. The van der Waals surface area contributed by atoms with E-state index < -0.39 is 23.1 Å². The molecule has 0 heterocycles. The number of rotatable bonds is 3. The zero-order valence-electron chi connectivity index (χ0n) is 10.8. The molecule has 1 aliphatic rings. The second kappa shape index (κ2) is 4.61. The number of benzene rings is 1. The maximum atomic E-state index is 13.7. The van der Waals surface area contributed by atoms with Crippen LogP contribution in [0.15, 0.2) is 18.2 Å². The van der Waals surface area contributed by atoms with Crippen LogP contribution >= 0.6 is 0 Å². The highest BCUT2D eigenvalue weighted by Crippen LogP contribution is 2.34. The summed E-state index contributed by atoms with van der Waals surface area (Å²) in [5.74, 6) is -2.85. The molecule has 1 aromatic carbocycles. The van der Waals surface area contributed by atoms with Crippen LogP contribution in [0.1, 0.15) is 37.0 Å². The SMILES string of the molecule is CC(C)(C#N)N(C(=O)c1cccc(F)c1F)C1CC1. The van der Waals surface area contributed by atoms with E-state index in [4.69, 9.17) is 5.26 Å². The Morgan fingerprint density at radius 2 is 2.05 bits per heavy atom. The number of nitriles is 1. The van der Waals surface area contributed by atoms with Crippen molar-refractivity contribution in [2.75, 3.05) is 0 Å². The van der Waals surface area contributed by atoms with Gasteiger partial charge in [0.15, 0.2) is 11.6 Å². The molecule has 3 nitrogen and oxygen atoms in total. The van der Waals surface area contributed by atoms with Gasteiger partial charge in [-0.3, -0.25) is 4.79 Å². The molecule has 0 bridgehead atoms. The lowest BCUT2D eigenvalue weighted by atomic mass is 10.0. The normalized spacial score (nSPS) is 14.9. The molecule has 0 saturated heterocycles. The molecule has 0 N–H and O–H groups in total. The van der Waals surface area contributed by atoms with Crippen molar-refractivity contribution in [3.63, 3.8) is 0 Å². The molecule has 1 aromatic rings. The van der Waals surface area contributed by atoms with E-state index in [2.05, 4.69) is 0 Å². The van der Waals surface area contributed by atoms with Gasteiger partial charge >= 0.3 is 0 Å². The molecular weight excluding hydrogens is 250 g/mol. The lowest BCUT2D eigenvalue weighted by molar-refractivity contribution is 0.0609. The van der Waals surface area contributed by atoms with E-state index in [-0.39, 0.29) is 11.6 Å². The molecule has 0 unspecified atom stereocenters. The summed E-state index contributed by atoms with van der Waals surface area (Å²) in [5, 5.41) is 9.15. The number of amides is 1. The number of carbonyl (C=O) groups excluding carboxylic acids is 1. The first kappa shape index (κ1) is 13.5. The number of carbonyl (C=O) groups is 1. The van der Waals surface area contributed by atoms with Crippen molar-refractivity contribution in [1.29, 1.82) is 5.26 Å². The van der Waals surface area contributed by atoms with Gasteiger partial charge < -0.3 is 4.90 Å². The fraction of sp³-hybridized carbons (Fsp3) is 0.429. The highest BCUT2D eigenvalue weighted by molar-refractivity contribution is 5.95. The third-order valence-electron chi connectivity index (χ3n) is 3.19. The second-order valence-corrected chi connectivity index (χ2v) is 5.18.